The summed E-state index contributed by atoms with van der Waals surface area (Å²) in [5.74, 6) is 0.953. The molecule has 0 aliphatic heterocycles. The quantitative estimate of drug-likeness (QED) is 0.711. The molecule has 0 amide bonds. The molecule has 0 aliphatic rings. The highest BCUT2D eigenvalue weighted by Crippen LogP contribution is 2.00. The zero-order valence-corrected chi connectivity index (χ0v) is 8.12. The standard InChI is InChI=1S/C7H11N3O2S/c1-2-13-4-3-10-5-6(7(11)12)8-9-10/h5H,2-4H2,1H3,(H,11,12). The van der Waals surface area contributed by atoms with Gasteiger partial charge in [-0.2, -0.15) is 11.8 Å². The van der Waals surface area contributed by atoms with Crippen molar-refractivity contribution < 1.29 is 9.90 Å². The first kappa shape index (κ1) is 10.0. The fraction of sp³-hybridized carbons (Fsp3) is 0.571. The molecule has 1 heterocycles. The molecule has 0 unspecified atom stereocenters. The zero-order valence-electron chi connectivity index (χ0n) is 7.30. The summed E-state index contributed by atoms with van der Waals surface area (Å²) in [4.78, 5) is 10.4. The van der Waals surface area contributed by atoms with Crippen LogP contribution in [0.25, 0.3) is 0 Å². The van der Waals surface area contributed by atoms with Crippen LogP contribution in [-0.2, 0) is 6.54 Å². The summed E-state index contributed by atoms with van der Waals surface area (Å²) in [6.07, 6.45) is 1.44. The van der Waals surface area contributed by atoms with E-state index in [9.17, 15) is 4.79 Å². The van der Waals surface area contributed by atoms with Crippen molar-refractivity contribution in [3.63, 3.8) is 0 Å². The van der Waals surface area contributed by atoms with E-state index in [4.69, 9.17) is 5.11 Å². The van der Waals surface area contributed by atoms with Crippen LogP contribution >= 0.6 is 11.8 Å². The Kier molecular flexibility index (Phi) is 3.75. The summed E-state index contributed by atoms with van der Waals surface area (Å²) in [6.45, 7) is 2.79. The maximum absolute atomic E-state index is 10.4. The molecule has 0 fully saturated rings. The van der Waals surface area contributed by atoms with E-state index >= 15 is 0 Å². The zero-order chi connectivity index (χ0) is 9.68. The molecule has 72 valence electrons. The minimum atomic E-state index is -1.03. The third-order valence-electron chi connectivity index (χ3n) is 1.43. The van der Waals surface area contributed by atoms with E-state index in [1.165, 1.54) is 6.20 Å². The highest BCUT2D eigenvalue weighted by atomic mass is 32.2. The Morgan fingerprint density at radius 1 is 1.77 bits per heavy atom. The van der Waals surface area contributed by atoms with Gasteiger partial charge in [-0.25, -0.2) is 4.79 Å². The first-order valence-electron chi connectivity index (χ1n) is 3.95. The normalized spacial score (nSPS) is 10.2. The molecule has 0 aliphatic carbocycles. The number of thioether (sulfide) groups is 1. The highest BCUT2D eigenvalue weighted by molar-refractivity contribution is 7.99. The number of nitrogens with zero attached hydrogens (tertiary/aromatic N) is 3. The van der Waals surface area contributed by atoms with E-state index in [-0.39, 0.29) is 5.69 Å². The van der Waals surface area contributed by atoms with Crippen molar-refractivity contribution in [2.45, 2.75) is 13.5 Å². The molecule has 13 heavy (non-hydrogen) atoms. The number of aryl methyl sites for hydroxylation is 1. The van der Waals surface area contributed by atoms with Gasteiger partial charge < -0.3 is 5.11 Å². The average Bonchev–Trinajstić information content (AvgIpc) is 2.53. The second-order valence-electron chi connectivity index (χ2n) is 2.37. The van der Waals surface area contributed by atoms with Crippen LogP contribution < -0.4 is 0 Å². The van der Waals surface area contributed by atoms with Gasteiger partial charge in [0.25, 0.3) is 0 Å². The van der Waals surface area contributed by atoms with Crippen molar-refractivity contribution in [2.24, 2.45) is 0 Å². The minimum absolute atomic E-state index is 0.00139. The Hall–Kier alpha value is -1.04. The number of hydrogen-bond acceptors (Lipinski definition) is 4. The molecule has 1 rings (SSSR count). The number of hydrogen-bond donors (Lipinski definition) is 1. The molecule has 0 spiro atoms. The number of carbonyl (C=O) groups is 1. The van der Waals surface area contributed by atoms with E-state index in [0.717, 1.165) is 11.5 Å². The highest BCUT2D eigenvalue weighted by Gasteiger charge is 2.07. The summed E-state index contributed by atoms with van der Waals surface area (Å²) < 4.78 is 1.55. The van der Waals surface area contributed by atoms with Gasteiger partial charge in [0.05, 0.1) is 12.7 Å². The fourth-order valence-electron chi connectivity index (χ4n) is 0.808. The van der Waals surface area contributed by atoms with E-state index < -0.39 is 5.97 Å². The van der Waals surface area contributed by atoms with Gasteiger partial charge in [-0.3, -0.25) is 4.68 Å². The summed E-state index contributed by atoms with van der Waals surface area (Å²) >= 11 is 1.78. The number of aromatic carboxylic acids is 1. The molecule has 0 saturated heterocycles. The van der Waals surface area contributed by atoms with Crippen molar-refractivity contribution >= 4 is 17.7 Å². The summed E-state index contributed by atoms with van der Waals surface area (Å²) in [5.41, 5.74) is 0.00139. The lowest BCUT2D eigenvalue weighted by atomic mass is 10.5. The summed E-state index contributed by atoms with van der Waals surface area (Å²) in [5, 5.41) is 15.7. The largest absolute Gasteiger partial charge is 0.476 e. The van der Waals surface area contributed by atoms with Crippen LogP contribution in [0.2, 0.25) is 0 Å². The molecule has 5 nitrogen and oxygen atoms in total. The maximum atomic E-state index is 10.4. The number of aromatic nitrogens is 3. The first-order valence-corrected chi connectivity index (χ1v) is 5.10. The first-order chi connectivity index (χ1) is 6.24. The monoisotopic (exact) mass is 201 g/mol. The van der Waals surface area contributed by atoms with Crippen LogP contribution in [-0.4, -0.2) is 37.6 Å². The van der Waals surface area contributed by atoms with Gasteiger partial charge in [0.2, 0.25) is 0 Å². The SMILES string of the molecule is CCSCCn1cc(C(=O)O)nn1. The molecule has 0 saturated carbocycles. The van der Waals surface area contributed by atoms with E-state index in [1.54, 1.807) is 16.4 Å². The lowest BCUT2D eigenvalue weighted by molar-refractivity contribution is 0.0690. The smallest absolute Gasteiger partial charge is 0.358 e. The lowest BCUT2D eigenvalue weighted by Crippen LogP contribution is -2.01. The average molecular weight is 201 g/mol. The van der Waals surface area contributed by atoms with Crippen molar-refractivity contribution in [1.29, 1.82) is 0 Å². The molecule has 0 radical (unpaired) electrons. The Morgan fingerprint density at radius 2 is 2.54 bits per heavy atom. The van der Waals surface area contributed by atoms with Gasteiger partial charge in [0, 0.05) is 5.75 Å². The van der Waals surface area contributed by atoms with Crippen molar-refractivity contribution in [3.05, 3.63) is 11.9 Å². The van der Waals surface area contributed by atoms with Crippen LogP contribution in [0.5, 0.6) is 0 Å². The predicted octanol–water partition coefficient (Wildman–Crippen LogP) is 0.729. The van der Waals surface area contributed by atoms with Gasteiger partial charge >= 0.3 is 5.97 Å². The summed E-state index contributed by atoms with van der Waals surface area (Å²) in [6, 6.07) is 0. The van der Waals surface area contributed by atoms with E-state index in [0.29, 0.717) is 6.54 Å². The Bertz CT molecular complexity index is 287. The van der Waals surface area contributed by atoms with Gasteiger partial charge in [-0.1, -0.05) is 12.1 Å². The van der Waals surface area contributed by atoms with Crippen molar-refractivity contribution in [3.8, 4) is 0 Å². The second-order valence-corrected chi connectivity index (χ2v) is 3.76. The van der Waals surface area contributed by atoms with Crippen molar-refractivity contribution in [1.82, 2.24) is 15.0 Å². The fourth-order valence-corrected chi connectivity index (χ4v) is 1.41. The maximum Gasteiger partial charge on any atom is 0.358 e. The lowest BCUT2D eigenvalue weighted by Gasteiger charge is -1.96. The van der Waals surface area contributed by atoms with Crippen LogP contribution in [0.4, 0.5) is 0 Å². The van der Waals surface area contributed by atoms with Gasteiger partial charge in [0.1, 0.15) is 0 Å². The molecule has 6 heteroatoms. The Morgan fingerprint density at radius 3 is 3.08 bits per heavy atom. The molecule has 0 atom stereocenters. The van der Waals surface area contributed by atoms with Gasteiger partial charge in [-0.15, -0.1) is 5.10 Å². The molecule has 1 aromatic rings. The Labute approximate surface area is 80.1 Å². The van der Waals surface area contributed by atoms with Crippen LogP contribution in [0.15, 0.2) is 6.20 Å². The summed E-state index contributed by atoms with van der Waals surface area (Å²) in [7, 11) is 0. The van der Waals surface area contributed by atoms with Crippen LogP contribution in [0, 0.1) is 0 Å². The predicted molar refractivity (Wildman–Crippen MR) is 50.0 cm³/mol. The van der Waals surface area contributed by atoms with E-state index in [2.05, 4.69) is 17.2 Å². The van der Waals surface area contributed by atoms with E-state index in [1.807, 2.05) is 0 Å². The molecule has 0 aromatic carbocycles. The van der Waals surface area contributed by atoms with Crippen molar-refractivity contribution in [2.75, 3.05) is 11.5 Å². The molecular formula is C7H11N3O2S. The number of rotatable bonds is 5. The second kappa shape index (κ2) is 4.86. The topological polar surface area (TPSA) is 68.0 Å². The third-order valence-corrected chi connectivity index (χ3v) is 2.31. The third kappa shape index (κ3) is 3.06. The van der Waals surface area contributed by atoms with Gasteiger partial charge in [0.15, 0.2) is 5.69 Å². The number of carboxylic acid groups (broad SMARTS) is 1. The Balaban J connectivity index is 2.44. The molecule has 1 N–H and O–H groups in total. The van der Waals surface area contributed by atoms with Crippen LogP contribution in [0.3, 0.4) is 0 Å². The number of carboxylic acids is 1. The minimum Gasteiger partial charge on any atom is -0.476 e. The molecular weight excluding hydrogens is 190 g/mol. The van der Waals surface area contributed by atoms with Crippen LogP contribution in [0.1, 0.15) is 17.4 Å². The molecule has 1 aromatic heterocycles. The van der Waals surface area contributed by atoms with Gasteiger partial charge in [-0.05, 0) is 5.75 Å². The molecule has 0 bridgehead atoms.